The van der Waals surface area contributed by atoms with E-state index < -0.39 is 5.41 Å². The Morgan fingerprint density at radius 1 is 0.360 bits per heavy atom. The van der Waals surface area contributed by atoms with Gasteiger partial charge in [-0.15, -0.1) is 0 Å². The van der Waals surface area contributed by atoms with E-state index in [1.54, 1.807) is 0 Å². The van der Waals surface area contributed by atoms with Crippen molar-refractivity contribution in [1.29, 1.82) is 0 Å². The summed E-state index contributed by atoms with van der Waals surface area (Å²) in [6.45, 7) is 0. The number of hydrogen-bond acceptors (Lipinski definition) is 4. The van der Waals surface area contributed by atoms with Crippen LogP contribution in [0.15, 0.2) is 168 Å². The fraction of sp³-hybridized carbons (Fsp3) is 0.0217. The zero-order valence-electron chi connectivity index (χ0n) is 26.8. The van der Waals surface area contributed by atoms with E-state index in [1.807, 2.05) is 42.5 Å². The molecule has 0 saturated heterocycles. The molecule has 0 saturated carbocycles. The van der Waals surface area contributed by atoms with Crippen molar-refractivity contribution in [2.75, 3.05) is 0 Å². The van der Waals surface area contributed by atoms with Gasteiger partial charge in [0, 0.05) is 33.0 Å². The molecule has 2 aliphatic carbocycles. The van der Waals surface area contributed by atoms with Gasteiger partial charge in [-0.3, -0.25) is 0 Å². The Kier molecular flexibility index (Phi) is 5.56. The summed E-state index contributed by atoms with van der Waals surface area (Å²) in [5.74, 6) is 1.95. The van der Waals surface area contributed by atoms with Crippen molar-refractivity contribution in [2.45, 2.75) is 5.41 Å². The molecule has 2 aliphatic rings. The highest BCUT2D eigenvalue weighted by Crippen LogP contribution is 2.65. The number of hydrogen-bond donors (Lipinski definition) is 0. The Hall–Kier alpha value is -6.65. The SMILES string of the molecule is c1ccc(-c2nc(-c3ccccc3)nc(-c3cccc4c3-c3ccccc3C43c4ccccc4-c4c3ccc3c4oc4ccccc43)n2)cc1. The van der Waals surface area contributed by atoms with Crippen LogP contribution in [0.3, 0.4) is 0 Å². The molecule has 4 nitrogen and oxygen atoms in total. The molecule has 2 aromatic heterocycles. The lowest BCUT2D eigenvalue weighted by Crippen LogP contribution is -2.25. The van der Waals surface area contributed by atoms with E-state index >= 15 is 0 Å². The molecule has 1 atom stereocenters. The summed E-state index contributed by atoms with van der Waals surface area (Å²) in [6, 6.07) is 57.6. The van der Waals surface area contributed by atoms with E-state index in [0.717, 1.165) is 44.2 Å². The van der Waals surface area contributed by atoms with Crippen LogP contribution in [0.4, 0.5) is 0 Å². The van der Waals surface area contributed by atoms with Crippen LogP contribution in [0.1, 0.15) is 22.3 Å². The fourth-order valence-corrected chi connectivity index (χ4v) is 8.57. The Balaban J connectivity index is 1.23. The monoisotopic (exact) mass is 637 g/mol. The van der Waals surface area contributed by atoms with E-state index in [0.29, 0.717) is 17.5 Å². The third-order valence-electron chi connectivity index (χ3n) is 10.6. The fourth-order valence-electron chi connectivity index (χ4n) is 8.57. The Morgan fingerprint density at radius 3 is 1.58 bits per heavy atom. The maximum absolute atomic E-state index is 6.71. The maximum atomic E-state index is 6.71. The molecule has 0 fully saturated rings. The second-order valence-electron chi connectivity index (χ2n) is 13.1. The molecule has 4 heteroatoms. The van der Waals surface area contributed by atoms with Crippen molar-refractivity contribution in [1.82, 2.24) is 15.0 Å². The first-order valence-electron chi connectivity index (χ1n) is 17.0. The lowest BCUT2D eigenvalue weighted by molar-refractivity contribution is 0.669. The Morgan fingerprint density at radius 2 is 0.880 bits per heavy atom. The minimum atomic E-state index is -0.543. The maximum Gasteiger partial charge on any atom is 0.164 e. The minimum Gasteiger partial charge on any atom is -0.455 e. The molecule has 2 heterocycles. The highest BCUT2D eigenvalue weighted by Gasteiger charge is 2.53. The van der Waals surface area contributed by atoms with Crippen LogP contribution >= 0.6 is 0 Å². The molecule has 0 bridgehead atoms. The van der Waals surface area contributed by atoms with Gasteiger partial charge in [0.25, 0.3) is 0 Å². The van der Waals surface area contributed by atoms with E-state index in [1.165, 1.54) is 38.9 Å². The molecule has 0 N–H and O–H groups in total. The molecule has 50 heavy (non-hydrogen) atoms. The third kappa shape index (κ3) is 3.57. The molecule has 7 aromatic carbocycles. The van der Waals surface area contributed by atoms with Gasteiger partial charge in [-0.2, -0.15) is 0 Å². The van der Waals surface area contributed by atoms with Crippen LogP contribution in [0.2, 0.25) is 0 Å². The van der Waals surface area contributed by atoms with Crippen molar-refractivity contribution in [3.05, 3.63) is 186 Å². The average Bonchev–Trinajstić information content (AvgIpc) is 3.82. The van der Waals surface area contributed by atoms with Crippen LogP contribution in [0.25, 0.3) is 78.4 Å². The molecule has 0 radical (unpaired) electrons. The number of fused-ring (bicyclic) bond motifs is 14. The van der Waals surface area contributed by atoms with Gasteiger partial charge in [-0.05, 0) is 45.0 Å². The van der Waals surface area contributed by atoms with E-state index in [2.05, 4.69) is 121 Å². The molecular weight excluding hydrogens is 611 g/mol. The van der Waals surface area contributed by atoms with Crippen LogP contribution < -0.4 is 0 Å². The lowest BCUT2D eigenvalue weighted by atomic mass is 9.70. The Bertz CT molecular complexity index is 2760. The predicted molar refractivity (Wildman–Crippen MR) is 200 cm³/mol. The molecule has 0 amide bonds. The smallest absolute Gasteiger partial charge is 0.164 e. The van der Waals surface area contributed by atoms with Gasteiger partial charge in [0.05, 0.1) is 5.41 Å². The zero-order chi connectivity index (χ0) is 32.8. The van der Waals surface area contributed by atoms with Crippen LogP contribution in [0.5, 0.6) is 0 Å². The predicted octanol–water partition coefficient (Wildman–Crippen LogP) is 11.1. The van der Waals surface area contributed by atoms with Crippen LogP contribution in [-0.2, 0) is 5.41 Å². The molecule has 232 valence electrons. The highest BCUT2D eigenvalue weighted by atomic mass is 16.3. The standard InChI is InChI=1S/C46H27N3O/c1-3-14-28(15-4-1)43-47-44(29-16-5-2-6-17-29)49-45(48-43)34-21-13-24-37-40(34)32-19-7-10-22-35(32)46(37)36-23-11-8-20-33(36)41-38(46)27-26-31-30-18-9-12-25-39(30)50-42(31)41/h1-27H. The normalized spacial score (nSPS) is 15.3. The van der Waals surface area contributed by atoms with Crippen molar-refractivity contribution < 1.29 is 4.42 Å². The second-order valence-corrected chi connectivity index (χ2v) is 13.1. The van der Waals surface area contributed by atoms with Crippen molar-refractivity contribution in [3.8, 4) is 56.4 Å². The number of para-hydroxylation sites is 1. The quantitative estimate of drug-likeness (QED) is 0.193. The van der Waals surface area contributed by atoms with Crippen molar-refractivity contribution >= 4 is 21.9 Å². The average molecular weight is 638 g/mol. The van der Waals surface area contributed by atoms with Gasteiger partial charge < -0.3 is 4.42 Å². The van der Waals surface area contributed by atoms with Gasteiger partial charge in [-0.25, -0.2) is 15.0 Å². The molecule has 1 unspecified atom stereocenters. The summed E-state index contributed by atoms with van der Waals surface area (Å²) in [5, 5.41) is 2.27. The molecule has 1 spiro atoms. The highest BCUT2D eigenvalue weighted by molar-refractivity contribution is 6.13. The number of nitrogens with zero attached hydrogens (tertiary/aromatic N) is 3. The molecular formula is C46H27N3O. The largest absolute Gasteiger partial charge is 0.455 e. The van der Waals surface area contributed by atoms with Gasteiger partial charge in [0.15, 0.2) is 17.5 Å². The first kappa shape index (κ1) is 27.3. The molecule has 11 rings (SSSR count). The van der Waals surface area contributed by atoms with Crippen LogP contribution in [-0.4, -0.2) is 15.0 Å². The zero-order valence-corrected chi connectivity index (χ0v) is 26.8. The van der Waals surface area contributed by atoms with Gasteiger partial charge >= 0.3 is 0 Å². The van der Waals surface area contributed by atoms with Gasteiger partial charge in [0.1, 0.15) is 11.2 Å². The molecule has 0 aliphatic heterocycles. The van der Waals surface area contributed by atoms with Crippen molar-refractivity contribution in [3.63, 3.8) is 0 Å². The van der Waals surface area contributed by atoms with E-state index in [9.17, 15) is 0 Å². The topological polar surface area (TPSA) is 51.8 Å². The third-order valence-corrected chi connectivity index (χ3v) is 10.6. The van der Waals surface area contributed by atoms with Crippen LogP contribution in [0, 0.1) is 0 Å². The summed E-state index contributed by atoms with van der Waals surface area (Å²) in [6.07, 6.45) is 0. The molecule has 9 aromatic rings. The van der Waals surface area contributed by atoms with Gasteiger partial charge in [0.2, 0.25) is 0 Å². The lowest BCUT2D eigenvalue weighted by Gasteiger charge is -2.30. The number of aromatic nitrogens is 3. The summed E-state index contributed by atoms with van der Waals surface area (Å²) in [4.78, 5) is 15.3. The number of furan rings is 1. The Labute approximate surface area is 288 Å². The first-order valence-corrected chi connectivity index (χ1v) is 17.0. The van der Waals surface area contributed by atoms with E-state index in [4.69, 9.17) is 19.4 Å². The van der Waals surface area contributed by atoms with Gasteiger partial charge in [-0.1, -0.05) is 158 Å². The minimum absolute atomic E-state index is 0.543. The second kappa shape index (κ2) is 10.2. The summed E-state index contributed by atoms with van der Waals surface area (Å²) in [7, 11) is 0. The summed E-state index contributed by atoms with van der Waals surface area (Å²) >= 11 is 0. The first-order chi connectivity index (χ1) is 24.8. The number of rotatable bonds is 3. The van der Waals surface area contributed by atoms with Crippen molar-refractivity contribution in [2.24, 2.45) is 0 Å². The number of benzene rings is 7. The van der Waals surface area contributed by atoms with E-state index in [-0.39, 0.29) is 0 Å². The summed E-state index contributed by atoms with van der Waals surface area (Å²) in [5.41, 5.74) is 13.9. The summed E-state index contributed by atoms with van der Waals surface area (Å²) < 4.78 is 6.71.